The molecule has 1 aliphatic carbocycles. The molecule has 0 bridgehead atoms. The number of hydrogen-bond acceptors (Lipinski definition) is 3. The Bertz CT molecular complexity index is 863. The number of hydrogen-bond donors (Lipinski definition) is 3. The molecule has 0 radical (unpaired) electrons. The fourth-order valence-electron chi connectivity index (χ4n) is 3.52. The van der Waals surface area contributed by atoms with Gasteiger partial charge in [-0.15, -0.1) is 24.0 Å². The number of halogens is 3. The highest BCUT2D eigenvalue weighted by Crippen LogP contribution is 2.43. The summed E-state index contributed by atoms with van der Waals surface area (Å²) in [6.07, 6.45) is 0.624. The molecule has 1 aromatic carbocycles. The number of nitrogens with zero attached hydrogens (tertiary/aromatic N) is 1. The highest BCUT2D eigenvalue weighted by Gasteiger charge is 2.42. The van der Waals surface area contributed by atoms with Crippen LogP contribution in [-0.4, -0.2) is 30.2 Å². The molecule has 3 rings (SSSR count). The molecule has 1 heterocycles. The van der Waals surface area contributed by atoms with Gasteiger partial charge in [0.25, 0.3) is 0 Å². The molecule has 3 N–H and O–H groups in total. The maximum atomic E-state index is 14.0. The molecule has 3 atom stereocenters. The van der Waals surface area contributed by atoms with Gasteiger partial charge in [-0.2, -0.15) is 0 Å². The van der Waals surface area contributed by atoms with Gasteiger partial charge in [-0.1, -0.05) is 6.07 Å². The van der Waals surface area contributed by atoms with Crippen molar-refractivity contribution < 1.29 is 18.3 Å². The summed E-state index contributed by atoms with van der Waals surface area (Å²) in [6, 6.07) is 5.63. The number of benzene rings is 1. The van der Waals surface area contributed by atoms with Crippen molar-refractivity contribution >= 4 is 29.9 Å². The summed E-state index contributed by atoms with van der Waals surface area (Å²) in [5.41, 5.74) is -0.375. The minimum atomic E-state index is -1.19. The van der Waals surface area contributed by atoms with Crippen LogP contribution in [0.15, 0.2) is 33.7 Å². The first-order valence-corrected chi connectivity index (χ1v) is 9.51. The van der Waals surface area contributed by atoms with Crippen molar-refractivity contribution in [3.63, 3.8) is 0 Å². The smallest absolute Gasteiger partial charge is 0.191 e. The van der Waals surface area contributed by atoms with E-state index >= 15 is 0 Å². The van der Waals surface area contributed by atoms with Crippen LogP contribution in [0, 0.1) is 25.5 Å². The van der Waals surface area contributed by atoms with Gasteiger partial charge in [0, 0.05) is 29.6 Å². The Kier molecular flexibility index (Phi) is 7.67. The number of furan rings is 1. The third-order valence-corrected chi connectivity index (χ3v) is 4.99. The maximum absolute atomic E-state index is 14.0. The van der Waals surface area contributed by atoms with Crippen LogP contribution >= 0.6 is 24.0 Å². The summed E-state index contributed by atoms with van der Waals surface area (Å²) >= 11 is 0. The molecular formula is C21H28F2IN3O2. The lowest BCUT2D eigenvalue weighted by Crippen LogP contribution is -2.40. The first-order chi connectivity index (χ1) is 13.2. The number of aryl methyl sites for hydroxylation is 2. The molecule has 1 aliphatic rings. The Hall–Kier alpha value is -1.68. The Morgan fingerprint density at radius 3 is 2.52 bits per heavy atom. The van der Waals surface area contributed by atoms with Crippen LogP contribution < -0.4 is 10.6 Å². The van der Waals surface area contributed by atoms with Gasteiger partial charge in [0.2, 0.25) is 0 Å². The third kappa shape index (κ3) is 5.48. The summed E-state index contributed by atoms with van der Waals surface area (Å²) < 4.78 is 33.5. The number of guanidine groups is 1. The van der Waals surface area contributed by atoms with Crippen molar-refractivity contribution in [3.05, 3.63) is 58.5 Å². The summed E-state index contributed by atoms with van der Waals surface area (Å²) in [6.45, 7) is 8.00. The minimum absolute atomic E-state index is 0. The molecule has 160 valence electrons. The standard InChI is InChI=1S/C21H27F2N3O2.HI/c1-5-24-20(25-11-21(4,27)15-9-12(2)28-13(15)3)26-18-10-14(18)19-16(22)7-6-8-17(19)23;/h6-9,14,18,27H,5,10-11H2,1-4H3,(H2,24,25,26);1H. The van der Waals surface area contributed by atoms with Gasteiger partial charge in [0.15, 0.2) is 5.96 Å². The Balaban J connectivity index is 0.00000300. The van der Waals surface area contributed by atoms with Crippen molar-refractivity contribution in [1.82, 2.24) is 10.6 Å². The van der Waals surface area contributed by atoms with Crippen LogP contribution in [0.4, 0.5) is 8.78 Å². The van der Waals surface area contributed by atoms with E-state index in [0.29, 0.717) is 30.2 Å². The molecule has 1 fully saturated rings. The maximum Gasteiger partial charge on any atom is 0.191 e. The second-order valence-corrected chi connectivity index (χ2v) is 7.52. The lowest BCUT2D eigenvalue weighted by Gasteiger charge is -2.21. The van der Waals surface area contributed by atoms with Crippen LogP contribution in [0.1, 0.15) is 48.8 Å². The van der Waals surface area contributed by atoms with E-state index in [4.69, 9.17) is 4.42 Å². The summed E-state index contributed by atoms with van der Waals surface area (Å²) in [5.74, 6) is 0.617. The lowest BCUT2D eigenvalue weighted by molar-refractivity contribution is 0.0657. The molecule has 29 heavy (non-hydrogen) atoms. The summed E-state index contributed by atoms with van der Waals surface area (Å²) in [5, 5.41) is 17.2. The molecule has 1 saturated carbocycles. The highest BCUT2D eigenvalue weighted by atomic mass is 127. The predicted octanol–water partition coefficient (Wildman–Crippen LogP) is 4.11. The first-order valence-electron chi connectivity index (χ1n) is 9.51. The van der Waals surface area contributed by atoms with Crippen molar-refractivity contribution in [2.45, 2.75) is 51.7 Å². The van der Waals surface area contributed by atoms with Crippen LogP contribution in [0.3, 0.4) is 0 Å². The summed E-state index contributed by atoms with van der Waals surface area (Å²) in [7, 11) is 0. The third-order valence-electron chi connectivity index (χ3n) is 4.99. The largest absolute Gasteiger partial charge is 0.466 e. The second-order valence-electron chi connectivity index (χ2n) is 7.52. The first kappa shape index (κ1) is 23.6. The Morgan fingerprint density at radius 2 is 1.97 bits per heavy atom. The van der Waals surface area contributed by atoms with Gasteiger partial charge in [-0.3, -0.25) is 0 Å². The zero-order chi connectivity index (χ0) is 20.5. The monoisotopic (exact) mass is 519 g/mol. The van der Waals surface area contributed by atoms with Gasteiger partial charge in [-0.25, -0.2) is 13.8 Å². The average Bonchev–Trinajstić information content (AvgIpc) is 3.26. The van der Waals surface area contributed by atoms with Crippen molar-refractivity contribution in [2.75, 3.05) is 13.1 Å². The molecule has 0 aliphatic heterocycles. The number of rotatable bonds is 6. The van der Waals surface area contributed by atoms with E-state index in [2.05, 4.69) is 15.6 Å². The number of nitrogens with one attached hydrogen (secondary N) is 2. The Labute approximate surface area is 187 Å². The van der Waals surface area contributed by atoms with E-state index < -0.39 is 17.2 Å². The number of aliphatic imine (C=N–C) groups is 1. The minimum Gasteiger partial charge on any atom is -0.466 e. The normalized spacial score (nSPS) is 20.6. The van der Waals surface area contributed by atoms with Crippen LogP contribution in [-0.2, 0) is 5.60 Å². The van der Waals surface area contributed by atoms with Crippen LogP contribution in [0.5, 0.6) is 0 Å². The van der Waals surface area contributed by atoms with E-state index in [0.717, 1.165) is 5.76 Å². The molecule has 1 aromatic heterocycles. The molecule has 0 saturated heterocycles. The van der Waals surface area contributed by atoms with Crippen molar-refractivity contribution in [3.8, 4) is 0 Å². The van der Waals surface area contributed by atoms with Gasteiger partial charge in [0.05, 0.1) is 6.54 Å². The zero-order valence-corrected chi connectivity index (χ0v) is 19.4. The molecule has 8 heteroatoms. The van der Waals surface area contributed by atoms with Gasteiger partial charge in [-0.05, 0) is 52.3 Å². The topological polar surface area (TPSA) is 69.8 Å². The van der Waals surface area contributed by atoms with Crippen LogP contribution in [0.2, 0.25) is 0 Å². The molecule has 2 aromatic rings. The molecular weight excluding hydrogens is 491 g/mol. The average molecular weight is 519 g/mol. The van der Waals surface area contributed by atoms with E-state index in [-0.39, 0.29) is 48.0 Å². The van der Waals surface area contributed by atoms with Gasteiger partial charge < -0.3 is 20.2 Å². The second kappa shape index (κ2) is 9.42. The molecule has 0 spiro atoms. The van der Waals surface area contributed by atoms with Gasteiger partial charge in [0.1, 0.15) is 28.8 Å². The van der Waals surface area contributed by atoms with Crippen molar-refractivity contribution in [2.24, 2.45) is 4.99 Å². The molecule has 5 nitrogen and oxygen atoms in total. The fraction of sp³-hybridized carbons (Fsp3) is 0.476. The van der Waals surface area contributed by atoms with Crippen molar-refractivity contribution in [1.29, 1.82) is 0 Å². The predicted molar refractivity (Wildman–Crippen MR) is 120 cm³/mol. The molecule has 0 amide bonds. The van der Waals surface area contributed by atoms with E-state index in [9.17, 15) is 13.9 Å². The van der Waals surface area contributed by atoms with Crippen LogP contribution in [0.25, 0.3) is 0 Å². The SMILES string of the molecule is CCNC(=NCC(C)(O)c1cc(C)oc1C)NC1CC1c1c(F)cccc1F.I. The quantitative estimate of drug-likeness (QED) is 0.305. The van der Waals surface area contributed by atoms with Gasteiger partial charge >= 0.3 is 0 Å². The van der Waals surface area contributed by atoms with E-state index in [1.165, 1.54) is 18.2 Å². The van der Waals surface area contributed by atoms with E-state index in [1.54, 1.807) is 6.92 Å². The van der Waals surface area contributed by atoms with E-state index in [1.807, 2.05) is 26.8 Å². The Morgan fingerprint density at radius 1 is 1.31 bits per heavy atom. The summed E-state index contributed by atoms with van der Waals surface area (Å²) in [4.78, 5) is 4.48. The highest BCUT2D eigenvalue weighted by molar-refractivity contribution is 14.0. The lowest BCUT2D eigenvalue weighted by atomic mass is 9.96. The number of aliphatic hydroxyl groups is 1. The zero-order valence-electron chi connectivity index (χ0n) is 17.1. The molecule has 3 unspecified atom stereocenters. The fourth-order valence-corrected chi connectivity index (χ4v) is 3.52.